The number of amides is 1. The van der Waals surface area contributed by atoms with Crippen LogP contribution in [0, 0.1) is 11.8 Å². The lowest BCUT2D eigenvalue weighted by atomic mass is 9.93. The molecule has 0 aromatic heterocycles. The number of hydrogen-bond donors (Lipinski definition) is 1. The van der Waals surface area contributed by atoms with E-state index in [-0.39, 0.29) is 5.92 Å². The fraction of sp³-hybridized carbons (Fsp3) is 0.611. The predicted molar refractivity (Wildman–Crippen MR) is 85.1 cm³/mol. The number of nitrogens with one attached hydrogen (secondary N) is 1. The first kappa shape index (κ1) is 14.6. The Morgan fingerprint density at radius 3 is 2.62 bits per heavy atom. The van der Waals surface area contributed by atoms with Gasteiger partial charge in [0.2, 0.25) is 5.91 Å². The monoisotopic (exact) mass is 286 g/mol. The second-order valence-corrected chi connectivity index (χ2v) is 6.52. The van der Waals surface area contributed by atoms with Crippen molar-refractivity contribution < 1.29 is 4.79 Å². The number of hydrogen-bond acceptors (Lipinski definition) is 2. The van der Waals surface area contributed by atoms with Crippen molar-refractivity contribution in [3.63, 3.8) is 0 Å². The molecule has 114 valence electrons. The molecule has 1 heterocycles. The standard InChI is InChI=1S/C18H26N2O/c1-19-10-7-14-8-11-20(12-9-14)18(21)17-13-16(17)15-5-3-2-4-6-15/h2-6,14,16-17,19H,7-13H2,1H3. The van der Waals surface area contributed by atoms with Gasteiger partial charge in [-0.2, -0.15) is 0 Å². The normalized spacial score (nSPS) is 25.9. The van der Waals surface area contributed by atoms with Crippen LogP contribution in [-0.2, 0) is 4.79 Å². The van der Waals surface area contributed by atoms with E-state index in [1.165, 1.54) is 24.8 Å². The smallest absolute Gasteiger partial charge is 0.226 e. The van der Waals surface area contributed by atoms with Gasteiger partial charge >= 0.3 is 0 Å². The molecule has 1 saturated heterocycles. The highest BCUT2D eigenvalue weighted by Crippen LogP contribution is 2.48. The molecule has 21 heavy (non-hydrogen) atoms. The summed E-state index contributed by atoms with van der Waals surface area (Å²) < 4.78 is 0. The summed E-state index contributed by atoms with van der Waals surface area (Å²) in [6.07, 6.45) is 4.64. The molecular formula is C18H26N2O. The summed E-state index contributed by atoms with van der Waals surface area (Å²) in [7, 11) is 2.01. The van der Waals surface area contributed by atoms with Crippen LogP contribution >= 0.6 is 0 Å². The first-order valence-corrected chi connectivity index (χ1v) is 8.28. The van der Waals surface area contributed by atoms with Crippen LogP contribution in [0.5, 0.6) is 0 Å². The first-order chi connectivity index (χ1) is 10.3. The summed E-state index contributed by atoms with van der Waals surface area (Å²) in [5, 5.41) is 3.22. The van der Waals surface area contributed by atoms with Crippen molar-refractivity contribution in [2.45, 2.75) is 31.6 Å². The Labute approximate surface area is 127 Å². The van der Waals surface area contributed by atoms with Gasteiger partial charge in [-0.1, -0.05) is 30.3 Å². The predicted octanol–water partition coefficient (Wildman–Crippen LogP) is 2.64. The summed E-state index contributed by atoms with van der Waals surface area (Å²) in [4.78, 5) is 14.7. The second kappa shape index (κ2) is 6.61. The summed E-state index contributed by atoms with van der Waals surface area (Å²) in [5.74, 6) is 1.92. The van der Waals surface area contributed by atoms with Crippen molar-refractivity contribution in [3.05, 3.63) is 35.9 Å². The molecule has 1 aliphatic carbocycles. The molecule has 0 spiro atoms. The van der Waals surface area contributed by atoms with Crippen molar-refractivity contribution in [2.75, 3.05) is 26.7 Å². The largest absolute Gasteiger partial charge is 0.342 e. The number of carbonyl (C=O) groups excluding carboxylic acids is 1. The highest BCUT2D eigenvalue weighted by atomic mass is 16.2. The zero-order valence-corrected chi connectivity index (χ0v) is 12.9. The number of nitrogens with zero attached hydrogens (tertiary/aromatic N) is 1. The fourth-order valence-corrected chi connectivity index (χ4v) is 3.56. The third kappa shape index (κ3) is 3.46. The van der Waals surface area contributed by atoms with Crippen molar-refractivity contribution in [3.8, 4) is 0 Å². The lowest BCUT2D eigenvalue weighted by molar-refractivity contribution is -0.134. The number of carbonyl (C=O) groups is 1. The van der Waals surface area contributed by atoms with Gasteiger partial charge in [0.1, 0.15) is 0 Å². The van der Waals surface area contributed by atoms with E-state index in [0.29, 0.717) is 11.8 Å². The highest BCUT2D eigenvalue weighted by Gasteiger charge is 2.45. The third-order valence-electron chi connectivity index (χ3n) is 5.06. The Bertz CT molecular complexity index is 465. The molecule has 1 aromatic rings. The molecule has 2 aliphatic rings. The summed E-state index contributed by atoms with van der Waals surface area (Å²) in [5.41, 5.74) is 1.33. The summed E-state index contributed by atoms with van der Waals surface area (Å²) in [6, 6.07) is 10.5. The van der Waals surface area contributed by atoms with Crippen LogP contribution in [0.15, 0.2) is 30.3 Å². The van der Waals surface area contributed by atoms with Crippen LogP contribution in [0.4, 0.5) is 0 Å². The van der Waals surface area contributed by atoms with Gasteiger partial charge in [-0.3, -0.25) is 4.79 Å². The van der Waals surface area contributed by atoms with E-state index in [2.05, 4.69) is 34.5 Å². The van der Waals surface area contributed by atoms with Gasteiger partial charge in [-0.15, -0.1) is 0 Å². The van der Waals surface area contributed by atoms with E-state index in [0.717, 1.165) is 32.0 Å². The molecule has 2 atom stereocenters. The molecular weight excluding hydrogens is 260 g/mol. The van der Waals surface area contributed by atoms with Gasteiger partial charge in [0.25, 0.3) is 0 Å². The minimum atomic E-state index is 0.251. The molecule has 0 bridgehead atoms. The fourth-order valence-electron chi connectivity index (χ4n) is 3.56. The molecule has 2 unspecified atom stereocenters. The summed E-state index contributed by atoms with van der Waals surface area (Å²) in [6.45, 7) is 3.02. The maximum atomic E-state index is 12.6. The van der Waals surface area contributed by atoms with Crippen LogP contribution in [0.2, 0.25) is 0 Å². The number of benzene rings is 1. The highest BCUT2D eigenvalue weighted by molar-refractivity contribution is 5.83. The number of piperidine rings is 1. The van der Waals surface area contributed by atoms with Crippen molar-refractivity contribution in [1.29, 1.82) is 0 Å². The van der Waals surface area contributed by atoms with E-state index in [1.54, 1.807) is 0 Å². The van der Waals surface area contributed by atoms with Crippen molar-refractivity contribution in [1.82, 2.24) is 10.2 Å². The van der Waals surface area contributed by atoms with Crippen LogP contribution in [0.1, 0.15) is 37.2 Å². The Kier molecular flexibility index (Phi) is 4.59. The average molecular weight is 286 g/mol. The molecule has 1 N–H and O–H groups in total. The van der Waals surface area contributed by atoms with E-state index in [1.807, 2.05) is 13.1 Å². The number of rotatable bonds is 5. The maximum Gasteiger partial charge on any atom is 0.226 e. The van der Waals surface area contributed by atoms with Gasteiger partial charge in [0, 0.05) is 19.0 Å². The van der Waals surface area contributed by atoms with Crippen LogP contribution < -0.4 is 5.32 Å². The molecule has 1 aliphatic heterocycles. The SMILES string of the molecule is CNCCC1CCN(C(=O)C2CC2c2ccccc2)CC1. The molecule has 3 nitrogen and oxygen atoms in total. The van der Waals surface area contributed by atoms with E-state index < -0.39 is 0 Å². The lowest BCUT2D eigenvalue weighted by Crippen LogP contribution is -2.40. The van der Waals surface area contributed by atoms with E-state index >= 15 is 0 Å². The maximum absolute atomic E-state index is 12.6. The molecule has 3 heteroatoms. The molecule has 0 radical (unpaired) electrons. The Balaban J connectivity index is 1.48. The zero-order valence-electron chi connectivity index (χ0n) is 12.9. The molecule has 1 amide bonds. The van der Waals surface area contributed by atoms with Crippen LogP contribution in [0.3, 0.4) is 0 Å². The lowest BCUT2D eigenvalue weighted by Gasteiger charge is -2.32. The van der Waals surface area contributed by atoms with Gasteiger partial charge in [0.05, 0.1) is 0 Å². The molecule has 1 saturated carbocycles. The summed E-state index contributed by atoms with van der Waals surface area (Å²) >= 11 is 0. The minimum absolute atomic E-state index is 0.251. The van der Waals surface area contributed by atoms with Crippen LogP contribution in [0.25, 0.3) is 0 Å². The Hall–Kier alpha value is -1.35. The second-order valence-electron chi connectivity index (χ2n) is 6.52. The topological polar surface area (TPSA) is 32.3 Å². The molecule has 3 rings (SSSR count). The van der Waals surface area contributed by atoms with E-state index in [9.17, 15) is 4.79 Å². The van der Waals surface area contributed by atoms with Gasteiger partial charge in [-0.05, 0) is 56.7 Å². The Morgan fingerprint density at radius 1 is 1.24 bits per heavy atom. The Morgan fingerprint density at radius 2 is 1.95 bits per heavy atom. The first-order valence-electron chi connectivity index (χ1n) is 8.28. The van der Waals surface area contributed by atoms with Gasteiger partial charge in [-0.25, -0.2) is 0 Å². The van der Waals surface area contributed by atoms with E-state index in [4.69, 9.17) is 0 Å². The minimum Gasteiger partial charge on any atom is -0.342 e. The molecule has 1 aromatic carbocycles. The van der Waals surface area contributed by atoms with Crippen molar-refractivity contribution >= 4 is 5.91 Å². The molecule has 2 fully saturated rings. The average Bonchev–Trinajstić information content (AvgIpc) is 3.34. The van der Waals surface area contributed by atoms with Gasteiger partial charge < -0.3 is 10.2 Å². The number of likely N-dealkylation sites (tertiary alicyclic amines) is 1. The van der Waals surface area contributed by atoms with Crippen LogP contribution in [-0.4, -0.2) is 37.5 Å². The van der Waals surface area contributed by atoms with Gasteiger partial charge in [0.15, 0.2) is 0 Å². The zero-order chi connectivity index (χ0) is 14.7. The van der Waals surface area contributed by atoms with Crippen molar-refractivity contribution in [2.24, 2.45) is 11.8 Å². The third-order valence-corrected chi connectivity index (χ3v) is 5.06. The quantitative estimate of drug-likeness (QED) is 0.902.